The van der Waals surface area contributed by atoms with E-state index in [0.29, 0.717) is 11.7 Å². The Morgan fingerprint density at radius 2 is 1.56 bits per heavy atom. The van der Waals surface area contributed by atoms with Crippen molar-refractivity contribution in [2.24, 2.45) is 0 Å². The van der Waals surface area contributed by atoms with E-state index in [0.717, 1.165) is 21.6 Å². The highest BCUT2D eigenvalue weighted by molar-refractivity contribution is 9.10. The molecule has 138 valence electrons. The van der Waals surface area contributed by atoms with Crippen molar-refractivity contribution < 1.29 is 4.74 Å². The van der Waals surface area contributed by atoms with Crippen molar-refractivity contribution in [1.29, 1.82) is 0 Å². The number of rotatable bonds is 6. The number of hydrogen-bond acceptors (Lipinski definition) is 3. The molecule has 0 atom stereocenters. The van der Waals surface area contributed by atoms with Crippen LogP contribution in [0.2, 0.25) is 0 Å². The Kier molecular flexibility index (Phi) is 7.15. The van der Waals surface area contributed by atoms with E-state index in [2.05, 4.69) is 50.8 Å². The zero-order valence-corrected chi connectivity index (χ0v) is 18.0. The van der Waals surface area contributed by atoms with Gasteiger partial charge in [-0.15, -0.1) is 0 Å². The van der Waals surface area contributed by atoms with Gasteiger partial charge in [-0.05, 0) is 79.8 Å². The van der Waals surface area contributed by atoms with Crippen molar-refractivity contribution in [3.05, 3.63) is 77.3 Å². The molecule has 0 aliphatic carbocycles. The van der Waals surface area contributed by atoms with Gasteiger partial charge in [-0.1, -0.05) is 39.8 Å². The molecule has 0 aromatic heterocycles. The average Bonchev–Trinajstić information content (AvgIpc) is 2.67. The van der Waals surface area contributed by atoms with Crippen molar-refractivity contribution in [2.45, 2.75) is 16.7 Å². The van der Waals surface area contributed by atoms with Crippen LogP contribution in [-0.2, 0) is 0 Å². The van der Waals surface area contributed by atoms with Gasteiger partial charge in [0.15, 0.2) is 5.11 Å². The zero-order chi connectivity index (χ0) is 19.1. The third-order valence-electron chi connectivity index (χ3n) is 3.60. The number of anilines is 2. The van der Waals surface area contributed by atoms with E-state index in [-0.39, 0.29) is 0 Å². The van der Waals surface area contributed by atoms with Gasteiger partial charge in [0.2, 0.25) is 0 Å². The Morgan fingerprint density at radius 1 is 0.926 bits per heavy atom. The quantitative estimate of drug-likeness (QED) is 0.396. The summed E-state index contributed by atoms with van der Waals surface area (Å²) in [5.74, 6) is 0.783. The second kappa shape index (κ2) is 9.78. The molecule has 0 amide bonds. The lowest BCUT2D eigenvalue weighted by molar-refractivity contribution is 0.342. The maximum atomic E-state index is 5.61. The van der Waals surface area contributed by atoms with Crippen LogP contribution in [0.15, 0.2) is 87.1 Å². The fourth-order valence-corrected chi connectivity index (χ4v) is 3.69. The van der Waals surface area contributed by atoms with E-state index in [1.165, 1.54) is 9.79 Å². The molecule has 27 heavy (non-hydrogen) atoms. The highest BCUT2D eigenvalue weighted by Gasteiger charge is 2.05. The van der Waals surface area contributed by atoms with Gasteiger partial charge in [0, 0.05) is 20.0 Å². The number of ether oxygens (including phenoxy) is 1. The molecule has 0 aliphatic rings. The van der Waals surface area contributed by atoms with E-state index < -0.39 is 0 Å². The highest BCUT2D eigenvalue weighted by Crippen LogP contribution is 2.29. The molecule has 0 saturated heterocycles. The van der Waals surface area contributed by atoms with E-state index in [1.807, 2.05) is 55.5 Å². The van der Waals surface area contributed by atoms with E-state index >= 15 is 0 Å². The summed E-state index contributed by atoms with van der Waals surface area (Å²) >= 11 is 10.6. The number of hydrogen-bond donors (Lipinski definition) is 2. The first kappa shape index (κ1) is 19.7. The van der Waals surface area contributed by atoms with Crippen LogP contribution in [-0.4, -0.2) is 11.7 Å². The van der Waals surface area contributed by atoms with Crippen LogP contribution in [0.3, 0.4) is 0 Å². The smallest absolute Gasteiger partial charge is 0.175 e. The average molecular weight is 459 g/mol. The molecule has 3 aromatic rings. The standard InChI is InChI=1S/C21H19BrN2OS2/c1-2-25-20-6-4-3-5-19(20)24-21(26)23-16-9-13-18(14-10-16)27-17-11-7-15(22)8-12-17/h3-14H,2H2,1H3,(H2,23,24,26). The molecule has 0 heterocycles. The molecule has 0 aliphatic heterocycles. The fourth-order valence-electron chi connectivity index (χ4n) is 2.38. The Labute approximate surface area is 177 Å². The highest BCUT2D eigenvalue weighted by atomic mass is 79.9. The Bertz CT molecular complexity index is 899. The summed E-state index contributed by atoms with van der Waals surface area (Å²) in [5.41, 5.74) is 1.78. The lowest BCUT2D eigenvalue weighted by Gasteiger charge is -2.14. The number of halogens is 1. The Balaban J connectivity index is 1.59. The van der Waals surface area contributed by atoms with Crippen LogP contribution < -0.4 is 15.4 Å². The number of benzene rings is 3. The van der Waals surface area contributed by atoms with Crippen LogP contribution in [0, 0.1) is 0 Å². The van der Waals surface area contributed by atoms with Gasteiger partial charge in [0.05, 0.1) is 12.3 Å². The third kappa shape index (κ3) is 5.99. The SMILES string of the molecule is CCOc1ccccc1NC(=S)Nc1ccc(Sc2ccc(Br)cc2)cc1. The van der Waals surface area contributed by atoms with Crippen molar-refractivity contribution in [3.63, 3.8) is 0 Å². The van der Waals surface area contributed by atoms with Crippen LogP contribution in [0.4, 0.5) is 11.4 Å². The topological polar surface area (TPSA) is 33.3 Å². The third-order valence-corrected chi connectivity index (χ3v) is 5.35. The molecule has 0 bridgehead atoms. The van der Waals surface area contributed by atoms with Crippen molar-refractivity contribution in [3.8, 4) is 5.75 Å². The summed E-state index contributed by atoms with van der Waals surface area (Å²) in [7, 11) is 0. The van der Waals surface area contributed by atoms with Gasteiger partial charge in [-0.2, -0.15) is 0 Å². The molecular formula is C21H19BrN2OS2. The maximum absolute atomic E-state index is 5.61. The molecule has 3 nitrogen and oxygen atoms in total. The molecule has 2 N–H and O–H groups in total. The van der Waals surface area contributed by atoms with Crippen LogP contribution in [0.25, 0.3) is 0 Å². The van der Waals surface area contributed by atoms with Crippen LogP contribution in [0.1, 0.15) is 6.92 Å². The summed E-state index contributed by atoms with van der Waals surface area (Å²) in [5, 5.41) is 6.92. The molecule has 3 rings (SSSR count). The lowest BCUT2D eigenvalue weighted by atomic mass is 10.3. The normalized spacial score (nSPS) is 10.3. The largest absolute Gasteiger partial charge is 0.492 e. The van der Waals surface area contributed by atoms with Crippen molar-refractivity contribution >= 4 is 56.4 Å². The molecule has 0 radical (unpaired) electrons. The van der Waals surface area contributed by atoms with E-state index in [4.69, 9.17) is 17.0 Å². The predicted octanol–water partition coefficient (Wildman–Crippen LogP) is 6.81. The Hall–Kier alpha value is -2.02. The van der Waals surface area contributed by atoms with Gasteiger partial charge in [0.1, 0.15) is 5.75 Å². The molecule has 0 spiro atoms. The molecule has 0 saturated carbocycles. The van der Waals surface area contributed by atoms with Gasteiger partial charge < -0.3 is 15.4 Å². The monoisotopic (exact) mass is 458 g/mol. The van der Waals surface area contributed by atoms with Gasteiger partial charge >= 0.3 is 0 Å². The summed E-state index contributed by atoms with van der Waals surface area (Å²) in [6.07, 6.45) is 0. The van der Waals surface area contributed by atoms with Gasteiger partial charge in [-0.25, -0.2) is 0 Å². The fraction of sp³-hybridized carbons (Fsp3) is 0.0952. The summed E-state index contributed by atoms with van der Waals surface area (Å²) in [4.78, 5) is 2.37. The summed E-state index contributed by atoms with van der Waals surface area (Å²) in [6, 6.07) is 24.2. The van der Waals surface area contributed by atoms with Gasteiger partial charge in [0.25, 0.3) is 0 Å². The number of para-hydroxylation sites is 2. The first-order valence-corrected chi connectivity index (χ1v) is 10.5. The van der Waals surface area contributed by atoms with Crippen LogP contribution in [0.5, 0.6) is 5.75 Å². The lowest BCUT2D eigenvalue weighted by Crippen LogP contribution is -2.19. The molecule has 6 heteroatoms. The molecular weight excluding hydrogens is 440 g/mol. The van der Waals surface area contributed by atoms with Gasteiger partial charge in [-0.3, -0.25) is 0 Å². The first-order chi connectivity index (χ1) is 13.1. The first-order valence-electron chi connectivity index (χ1n) is 8.47. The van der Waals surface area contributed by atoms with E-state index in [1.54, 1.807) is 11.8 Å². The van der Waals surface area contributed by atoms with Crippen LogP contribution >= 0.6 is 39.9 Å². The predicted molar refractivity (Wildman–Crippen MR) is 122 cm³/mol. The molecule has 0 unspecified atom stereocenters. The maximum Gasteiger partial charge on any atom is 0.175 e. The minimum absolute atomic E-state index is 0.524. The minimum atomic E-state index is 0.524. The second-order valence-electron chi connectivity index (χ2n) is 5.59. The summed E-state index contributed by atoms with van der Waals surface area (Å²) < 4.78 is 6.69. The summed E-state index contributed by atoms with van der Waals surface area (Å²) in [6.45, 7) is 2.57. The minimum Gasteiger partial charge on any atom is -0.492 e. The molecule has 0 fully saturated rings. The number of nitrogens with one attached hydrogen (secondary N) is 2. The van der Waals surface area contributed by atoms with Crippen molar-refractivity contribution in [1.82, 2.24) is 0 Å². The molecule has 3 aromatic carbocycles. The van der Waals surface area contributed by atoms with E-state index in [9.17, 15) is 0 Å². The number of thiocarbonyl (C=S) groups is 1. The zero-order valence-electron chi connectivity index (χ0n) is 14.7. The van der Waals surface area contributed by atoms with Crippen molar-refractivity contribution in [2.75, 3.05) is 17.2 Å². The second-order valence-corrected chi connectivity index (χ2v) is 8.06. The Morgan fingerprint density at radius 3 is 2.22 bits per heavy atom.